The summed E-state index contributed by atoms with van der Waals surface area (Å²) in [4.78, 5) is 10.5. The summed E-state index contributed by atoms with van der Waals surface area (Å²) in [5.74, 6) is 0. The van der Waals surface area contributed by atoms with Crippen LogP contribution in [0.1, 0.15) is 20.3 Å². The minimum Gasteiger partial charge on any atom is -0.394 e. The van der Waals surface area contributed by atoms with Gasteiger partial charge in [-0.25, -0.2) is 0 Å². The Morgan fingerprint density at radius 1 is 1.20 bits per heavy atom. The van der Waals surface area contributed by atoms with Gasteiger partial charge in [0.05, 0.1) is 23.7 Å². The van der Waals surface area contributed by atoms with Crippen LogP contribution in [0.3, 0.4) is 0 Å². The Kier molecular flexibility index (Phi) is 5.72. The molecule has 1 aromatic rings. The molecule has 0 radical (unpaired) electrons. The molecule has 0 heterocycles. The quantitative estimate of drug-likeness (QED) is 0.426. The molecule has 0 saturated carbocycles. The van der Waals surface area contributed by atoms with Gasteiger partial charge in [-0.1, -0.05) is 6.92 Å². The highest BCUT2D eigenvalue weighted by Gasteiger charge is 2.27. The van der Waals surface area contributed by atoms with E-state index in [-0.39, 0.29) is 18.9 Å². The van der Waals surface area contributed by atoms with Gasteiger partial charge in [-0.05, 0) is 19.4 Å². The van der Waals surface area contributed by atoms with Crippen LogP contribution in [0.2, 0.25) is 0 Å². The monoisotopic (exact) mass is 283 g/mol. The number of benzene rings is 1. The molecule has 0 aliphatic rings. The minimum absolute atomic E-state index is 0.0492. The maximum absolute atomic E-state index is 10.9. The average Bonchev–Trinajstić information content (AvgIpc) is 2.45. The maximum atomic E-state index is 10.9. The molecular weight excluding hydrogens is 262 g/mol. The van der Waals surface area contributed by atoms with Crippen molar-refractivity contribution in [1.29, 1.82) is 0 Å². The van der Waals surface area contributed by atoms with Gasteiger partial charge in [0.25, 0.3) is 5.69 Å². The van der Waals surface area contributed by atoms with Crippen molar-refractivity contribution in [1.82, 2.24) is 0 Å². The predicted molar refractivity (Wildman–Crippen MR) is 78.1 cm³/mol. The Hall–Kier alpha value is -1.86. The lowest BCUT2D eigenvalue weighted by atomic mass is 9.98. The van der Waals surface area contributed by atoms with Crippen molar-refractivity contribution in [3.05, 3.63) is 28.3 Å². The van der Waals surface area contributed by atoms with Crippen LogP contribution in [0.15, 0.2) is 18.2 Å². The second-order valence-electron chi connectivity index (χ2n) is 4.63. The number of hydrogen-bond acceptors (Lipinski definition) is 6. The third kappa shape index (κ3) is 3.82. The first-order chi connectivity index (χ1) is 9.50. The van der Waals surface area contributed by atoms with E-state index < -0.39 is 10.5 Å². The number of nitrogens with one attached hydrogen (secondary N) is 2. The van der Waals surface area contributed by atoms with Crippen molar-refractivity contribution in [3.63, 3.8) is 0 Å². The number of nitro benzene ring substituents is 1. The first-order valence-corrected chi connectivity index (χ1v) is 6.53. The lowest BCUT2D eigenvalue weighted by molar-refractivity contribution is -0.384. The number of aliphatic hydroxyl groups is 2. The summed E-state index contributed by atoms with van der Waals surface area (Å²) in [5.41, 5.74) is 0.163. The van der Waals surface area contributed by atoms with E-state index in [1.165, 1.54) is 12.1 Å². The van der Waals surface area contributed by atoms with E-state index in [0.29, 0.717) is 24.3 Å². The average molecular weight is 283 g/mol. The van der Waals surface area contributed by atoms with Gasteiger partial charge < -0.3 is 20.8 Å². The number of hydrogen-bond donors (Lipinski definition) is 4. The molecule has 20 heavy (non-hydrogen) atoms. The van der Waals surface area contributed by atoms with Crippen LogP contribution in [-0.4, -0.2) is 40.4 Å². The van der Waals surface area contributed by atoms with Crippen molar-refractivity contribution < 1.29 is 15.1 Å². The van der Waals surface area contributed by atoms with Crippen molar-refractivity contribution >= 4 is 17.1 Å². The lowest BCUT2D eigenvalue weighted by Gasteiger charge is -2.31. The highest BCUT2D eigenvalue weighted by Crippen LogP contribution is 2.27. The van der Waals surface area contributed by atoms with Gasteiger partial charge in [0.1, 0.15) is 0 Å². The number of rotatable bonds is 8. The molecule has 7 nitrogen and oxygen atoms in total. The standard InChI is InChI=1S/C13H21N3O4/c1-3-13(8-17,9-18)15-11-5-10(14-4-2)6-12(7-11)16(19)20/h5-7,14-15,17-18H,3-4,8-9H2,1-2H3. The van der Waals surface area contributed by atoms with Crippen LogP contribution in [0.25, 0.3) is 0 Å². The van der Waals surface area contributed by atoms with Gasteiger partial charge in [-0.3, -0.25) is 10.1 Å². The first-order valence-electron chi connectivity index (χ1n) is 6.53. The van der Waals surface area contributed by atoms with E-state index in [1.807, 2.05) is 13.8 Å². The number of aliphatic hydroxyl groups excluding tert-OH is 2. The Morgan fingerprint density at radius 2 is 1.80 bits per heavy atom. The molecule has 0 aliphatic heterocycles. The molecule has 0 spiro atoms. The number of nitro groups is 1. The van der Waals surface area contributed by atoms with E-state index in [0.717, 1.165) is 0 Å². The molecule has 4 N–H and O–H groups in total. The second-order valence-corrected chi connectivity index (χ2v) is 4.63. The summed E-state index contributed by atoms with van der Waals surface area (Å²) < 4.78 is 0. The summed E-state index contributed by atoms with van der Waals surface area (Å²) in [6.45, 7) is 3.82. The molecule has 112 valence electrons. The summed E-state index contributed by atoms with van der Waals surface area (Å²) >= 11 is 0. The summed E-state index contributed by atoms with van der Waals surface area (Å²) in [6, 6.07) is 4.54. The summed E-state index contributed by atoms with van der Waals surface area (Å²) in [7, 11) is 0. The van der Waals surface area contributed by atoms with Crippen LogP contribution >= 0.6 is 0 Å². The van der Waals surface area contributed by atoms with E-state index in [2.05, 4.69) is 10.6 Å². The number of nitrogens with zero attached hydrogens (tertiary/aromatic N) is 1. The van der Waals surface area contributed by atoms with Crippen molar-refractivity contribution in [2.24, 2.45) is 0 Å². The van der Waals surface area contributed by atoms with E-state index in [9.17, 15) is 20.3 Å². The molecule has 1 aromatic carbocycles. The zero-order chi connectivity index (χ0) is 15.2. The van der Waals surface area contributed by atoms with Gasteiger partial charge in [0.2, 0.25) is 0 Å². The first kappa shape index (κ1) is 16.2. The summed E-state index contributed by atoms with van der Waals surface area (Å²) in [6.07, 6.45) is 0.485. The second kappa shape index (κ2) is 7.06. The van der Waals surface area contributed by atoms with Crippen LogP contribution < -0.4 is 10.6 Å². The Morgan fingerprint density at radius 3 is 2.25 bits per heavy atom. The molecule has 0 aromatic heterocycles. The van der Waals surface area contributed by atoms with Gasteiger partial charge >= 0.3 is 0 Å². The SMILES string of the molecule is CCNc1cc(NC(CC)(CO)CO)cc([N+](=O)[O-])c1. The van der Waals surface area contributed by atoms with Crippen molar-refractivity contribution in [2.75, 3.05) is 30.4 Å². The topological polar surface area (TPSA) is 108 Å². The fraction of sp³-hybridized carbons (Fsp3) is 0.538. The smallest absolute Gasteiger partial charge is 0.273 e. The van der Waals surface area contributed by atoms with Crippen molar-refractivity contribution in [3.8, 4) is 0 Å². The predicted octanol–water partition coefficient (Wildman–Crippen LogP) is 1.57. The lowest BCUT2D eigenvalue weighted by Crippen LogP contribution is -2.45. The Balaban J connectivity index is 3.12. The largest absolute Gasteiger partial charge is 0.394 e. The molecule has 7 heteroatoms. The van der Waals surface area contributed by atoms with E-state index in [1.54, 1.807) is 6.07 Å². The highest BCUT2D eigenvalue weighted by molar-refractivity contribution is 5.64. The molecule has 0 atom stereocenters. The minimum atomic E-state index is -0.890. The van der Waals surface area contributed by atoms with Gasteiger partial charge in [-0.2, -0.15) is 0 Å². The molecule has 0 saturated heterocycles. The third-order valence-electron chi connectivity index (χ3n) is 3.20. The number of anilines is 2. The maximum Gasteiger partial charge on any atom is 0.273 e. The van der Waals surface area contributed by atoms with E-state index in [4.69, 9.17) is 0 Å². The van der Waals surface area contributed by atoms with E-state index >= 15 is 0 Å². The van der Waals surface area contributed by atoms with Crippen molar-refractivity contribution in [2.45, 2.75) is 25.8 Å². The number of non-ortho nitro benzene ring substituents is 1. The zero-order valence-electron chi connectivity index (χ0n) is 11.7. The zero-order valence-corrected chi connectivity index (χ0v) is 11.7. The molecule has 0 amide bonds. The van der Waals surface area contributed by atoms with Gasteiger partial charge in [0.15, 0.2) is 0 Å². The molecule has 0 bridgehead atoms. The van der Waals surface area contributed by atoms with Gasteiger partial charge in [-0.15, -0.1) is 0 Å². The fourth-order valence-corrected chi connectivity index (χ4v) is 1.84. The summed E-state index contributed by atoms with van der Waals surface area (Å²) in [5, 5.41) is 35.8. The Bertz CT molecular complexity index is 453. The van der Waals surface area contributed by atoms with Gasteiger partial charge in [0, 0.05) is 30.1 Å². The van der Waals surface area contributed by atoms with Crippen LogP contribution in [-0.2, 0) is 0 Å². The highest BCUT2D eigenvalue weighted by atomic mass is 16.6. The van der Waals surface area contributed by atoms with Crippen LogP contribution in [0.4, 0.5) is 17.1 Å². The molecular formula is C13H21N3O4. The molecule has 0 unspecified atom stereocenters. The third-order valence-corrected chi connectivity index (χ3v) is 3.20. The van der Waals surface area contributed by atoms with Crippen LogP contribution in [0, 0.1) is 10.1 Å². The Labute approximate surface area is 117 Å². The van der Waals surface area contributed by atoms with Crippen LogP contribution in [0.5, 0.6) is 0 Å². The normalized spacial score (nSPS) is 11.2. The fourth-order valence-electron chi connectivity index (χ4n) is 1.84. The molecule has 0 fully saturated rings. The molecule has 0 aliphatic carbocycles. The molecule has 1 rings (SSSR count).